The highest BCUT2D eigenvalue weighted by Gasteiger charge is 2.39. The summed E-state index contributed by atoms with van der Waals surface area (Å²) in [5, 5.41) is 30.0. The summed E-state index contributed by atoms with van der Waals surface area (Å²) in [5.41, 5.74) is 15.9. The van der Waals surface area contributed by atoms with Crippen molar-refractivity contribution in [3.8, 4) is 0 Å². The quantitative estimate of drug-likeness (QED) is 0.0395. The van der Waals surface area contributed by atoms with E-state index in [1.165, 1.54) is 0 Å². The fourth-order valence-electron chi connectivity index (χ4n) is 2.53. The molecule has 0 unspecified atom stereocenters. The minimum atomic E-state index is -5.08. The van der Waals surface area contributed by atoms with E-state index < -0.39 is 42.5 Å². The summed E-state index contributed by atoms with van der Waals surface area (Å²) in [6.45, 7) is 4.06. The van der Waals surface area contributed by atoms with Crippen molar-refractivity contribution in [2.45, 2.75) is 76.3 Å². The summed E-state index contributed by atoms with van der Waals surface area (Å²) in [6.07, 6.45) is -6.76. The van der Waals surface area contributed by atoms with E-state index in [4.69, 9.17) is 51.6 Å². The average molecular weight is 758 g/mol. The van der Waals surface area contributed by atoms with Crippen molar-refractivity contribution in [1.82, 2.24) is 16.0 Å². The van der Waals surface area contributed by atoms with Crippen LogP contribution in [0.15, 0.2) is 4.99 Å². The number of nitrogens with two attached hydrogens (primary N) is 3. The zero-order chi connectivity index (χ0) is 39.8. The Hall–Kier alpha value is -4.29. The van der Waals surface area contributed by atoms with Crippen LogP contribution in [0.25, 0.3) is 0 Å². The van der Waals surface area contributed by atoms with Crippen LogP contribution in [0.5, 0.6) is 0 Å². The molecule has 0 aromatic rings. The number of unbranched alkanes of at least 4 members (excludes halogenated alkanes) is 6. The van der Waals surface area contributed by atoms with E-state index in [9.17, 15) is 49.1 Å². The second kappa shape index (κ2) is 30.7. The van der Waals surface area contributed by atoms with Crippen LogP contribution >= 0.6 is 0 Å². The van der Waals surface area contributed by atoms with Gasteiger partial charge in [0.1, 0.15) is 0 Å². The van der Waals surface area contributed by atoms with E-state index in [-0.39, 0.29) is 18.5 Å². The number of halogens is 9. The molecule has 0 spiro atoms. The number of alkyl carbamates (subject to hydrolysis) is 1. The van der Waals surface area contributed by atoms with Crippen LogP contribution in [0.3, 0.4) is 0 Å². The molecule has 0 heterocycles. The summed E-state index contributed by atoms with van der Waals surface area (Å²) < 4.78 is 100. The smallest absolute Gasteiger partial charge is 0.475 e. The van der Waals surface area contributed by atoms with Gasteiger partial charge >= 0.3 is 42.5 Å². The molecule has 0 aliphatic carbocycles. The van der Waals surface area contributed by atoms with Crippen molar-refractivity contribution in [1.29, 1.82) is 0 Å². The van der Waals surface area contributed by atoms with E-state index in [1.807, 2.05) is 0 Å². The summed E-state index contributed by atoms with van der Waals surface area (Å²) in [5.74, 6) is -8.40. The highest BCUT2D eigenvalue weighted by Crippen LogP contribution is 2.14. The van der Waals surface area contributed by atoms with Gasteiger partial charge in [0.25, 0.3) is 5.91 Å². The van der Waals surface area contributed by atoms with Crippen molar-refractivity contribution >= 4 is 35.9 Å². The Bertz CT molecular complexity index is 923. The molecule has 16 nitrogen and oxygen atoms in total. The average Bonchev–Trinajstić information content (AvgIpc) is 2.97. The van der Waals surface area contributed by atoms with E-state index >= 15 is 0 Å². The maximum Gasteiger partial charge on any atom is 0.490 e. The number of carbonyl (C=O) groups is 5. The molecule has 25 heteroatoms. The first-order chi connectivity index (χ1) is 22.9. The number of aliphatic carboxylic acids is 3. The number of carbonyl (C=O) groups excluding carboxylic acids is 2. The van der Waals surface area contributed by atoms with Crippen LogP contribution in [0.4, 0.5) is 44.3 Å². The third kappa shape index (κ3) is 45.8. The number of rotatable bonds is 19. The Morgan fingerprint density at radius 2 is 0.940 bits per heavy atom. The molecule has 0 atom stereocenters. The first-order valence-corrected chi connectivity index (χ1v) is 14.4. The molecule has 0 radical (unpaired) electrons. The van der Waals surface area contributed by atoms with Gasteiger partial charge in [-0.2, -0.15) is 39.5 Å². The monoisotopic (exact) mass is 757 g/mol. The van der Waals surface area contributed by atoms with Gasteiger partial charge in [-0.15, -0.1) is 0 Å². The van der Waals surface area contributed by atoms with E-state index in [2.05, 4.69) is 20.9 Å². The van der Waals surface area contributed by atoms with Gasteiger partial charge in [-0.25, -0.2) is 19.2 Å². The number of hydrogen-bond donors (Lipinski definition) is 9. The molecule has 12 N–H and O–H groups in total. The molecule has 0 bridgehead atoms. The molecule has 50 heavy (non-hydrogen) atoms. The van der Waals surface area contributed by atoms with E-state index in [0.717, 1.165) is 70.9 Å². The van der Waals surface area contributed by atoms with Gasteiger partial charge in [-0.3, -0.25) is 9.79 Å². The lowest BCUT2D eigenvalue weighted by Crippen LogP contribution is -2.33. The van der Waals surface area contributed by atoms with Gasteiger partial charge in [-0.05, 0) is 51.7 Å². The molecule has 0 aromatic carbocycles. The molecule has 2 amide bonds. The molecule has 0 saturated heterocycles. The standard InChI is InChI=1S/C19H41N7O3.3C2HF3O2/c20-10-9-12-23-11-7-8-15-26-19(28)29-16-17(27)24-13-5-3-1-2-4-6-14-25-18(21)22;3*3-2(4,5)1(6)7/h23H,1-16,20H2,(H,24,27)(H,26,28)(H4,21,22,25);3*(H,6,7). The fourth-order valence-corrected chi connectivity index (χ4v) is 2.53. The van der Waals surface area contributed by atoms with Crippen molar-refractivity contribution in [3.05, 3.63) is 0 Å². The first-order valence-electron chi connectivity index (χ1n) is 14.4. The predicted molar refractivity (Wildman–Crippen MR) is 158 cm³/mol. The number of amides is 2. The van der Waals surface area contributed by atoms with Crippen LogP contribution in [0, 0.1) is 0 Å². The molecule has 296 valence electrons. The Balaban J connectivity index is -0.000000403. The SMILES string of the molecule is NCCCNCCCCNC(=O)OCC(=O)NCCCCCCCCN=C(N)N.O=C(O)C(F)(F)F.O=C(O)C(F)(F)F.O=C(O)C(F)(F)F. The highest BCUT2D eigenvalue weighted by molar-refractivity contribution is 5.80. The highest BCUT2D eigenvalue weighted by atomic mass is 19.4. The van der Waals surface area contributed by atoms with E-state index in [1.54, 1.807) is 0 Å². The minimum Gasteiger partial charge on any atom is -0.475 e. The lowest BCUT2D eigenvalue weighted by Gasteiger charge is -2.08. The largest absolute Gasteiger partial charge is 0.490 e. The first kappa shape index (κ1) is 52.5. The molecule has 0 saturated carbocycles. The molecule has 0 aliphatic rings. The zero-order valence-electron chi connectivity index (χ0n) is 26.7. The molecule has 0 fully saturated rings. The molecular weight excluding hydrogens is 713 g/mol. The van der Waals surface area contributed by atoms with Crippen molar-refractivity contribution in [2.75, 3.05) is 45.9 Å². The summed E-state index contributed by atoms with van der Waals surface area (Å²) in [6, 6.07) is 0. The Labute approximate surface area is 280 Å². The number of alkyl halides is 9. The van der Waals surface area contributed by atoms with Crippen LogP contribution in [0.2, 0.25) is 0 Å². The van der Waals surface area contributed by atoms with Crippen molar-refractivity contribution in [3.63, 3.8) is 0 Å². The van der Waals surface area contributed by atoms with E-state index in [0.29, 0.717) is 26.2 Å². The van der Waals surface area contributed by atoms with Crippen molar-refractivity contribution in [2.24, 2.45) is 22.2 Å². The van der Waals surface area contributed by atoms with Crippen molar-refractivity contribution < 1.29 is 83.5 Å². The normalized spacial score (nSPS) is 10.8. The maximum atomic E-state index is 11.6. The van der Waals surface area contributed by atoms with Crippen LogP contribution in [-0.2, 0) is 23.9 Å². The van der Waals surface area contributed by atoms with Crippen LogP contribution in [0.1, 0.15) is 57.8 Å². The third-order valence-corrected chi connectivity index (χ3v) is 4.87. The van der Waals surface area contributed by atoms with Gasteiger partial charge in [0.05, 0.1) is 0 Å². The van der Waals surface area contributed by atoms with Gasteiger partial charge in [-0.1, -0.05) is 25.7 Å². The summed E-state index contributed by atoms with van der Waals surface area (Å²) in [4.78, 5) is 53.8. The van der Waals surface area contributed by atoms with Gasteiger partial charge in [0.15, 0.2) is 12.6 Å². The number of aliphatic imine (C=N–C) groups is 1. The minimum absolute atomic E-state index is 0.143. The number of guanidine groups is 1. The maximum absolute atomic E-state index is 11.6. The second-order valence-corrected chi connectivity index (χ2v) is 9.29. The Kier molecular flexibility index (Phi) is 32.3. The summed E-state index contributed by atoms with van der Waals surface area (Å²) >= 11 is 0. The number of nitrogens with one attached hydrogen (secondary N) is 3. The molecule has 0 aliphatic heterocycles. The lowest BCUT2D eigenvalue weighted by molar-refractivity contribution is -0.193. The Morgan fingerprint density at radius 1 is 0.580 bits per heavy atom. The number of carboxylic acids is 3. The van der Waals surface area contributed by atoms with Gasteiger partial charge in [0.2, 0.25) is 0 Å². The molecular formula is C25H44F9N7O9. The Morgan fingerprint density at radius 3 is 1.36 bits per heavy atom. The molecule has 0 aromatic heterocycles. The number of ether oxygens (including phenoxy) is 1. The molecule has 0 rings (SSSR count). The second-order valence-electron chi connectivity index (χ2n) is 9.29. The van der Waals surface area contributed by atoms with Gasteiger partial charge < -0.3 is 53.2 Å². The third-order valence-electron chi connectivity index (χ3n) is 4.87. The predicted octanol–water partition coefficient (Wildman–Crippen LogP) is 2.06. The topological polar surface area (TPSA) is 282 Å². The number of carboxylic acid groups (broad SMARTS) is 3. The van der Waals surface area contributed by atoms with Gasteiger partial charge in [0, 0.05) is 19.6 Å². The lowest BCUT2D eigenvalue weighted by atomic mass is 10.1. The number of nitrogens with zero attached hydrogens (tertiary/aromatic N) is 1. The van der Waals surface area contributed by atoms with Crippen LogP contribution in [-0.4, -0.2) is 116 Å². The summed E-state index contributed by atoms with van der Waals surface area (Å²) in [7, 11) is 0. The van der Waals surface area contributed by atoms with Crippen LogP contribution < -0.4 is 33.2 Å². The zero-order valence-corrected chi connectivity index (χ0v) is 26.7. The fraction of sp³-hybridized carbons (Fsp3) is 0.760. The number of hydrogen-bond acceptors (Lipinski definition) is 9.